The lowest BCUT2D eigenvalue weighted by Gasteiger charge is -2.31. The van der Waals surface area contributed by atoms with Crippen molar-refractivity contribution >= 4 is 5.91 Å². The third-order valence-corrected chi connectivity index (χ3v) is 3.94. The maximum atomic E-state index is 12.5. The van der Waals surface area contributed by atoms with E-state index in [1.165, 1.54) is 0 Å². The summed E-state index contributed by atoms with van der Waals surface area (Å²) in [4.78, 5) is 14.3. The van der Waals surface area contributed by atoms with E-state index in [-0.39, 0.29) is 19.1 Å². The number of likely N-dealkylation sites (tertiary alicyclic amines) is 1. The van der Waals surface area contributed by atoms with Crippen LogP contribution in [0.3, 0.4) is 0 Å². The van der Waals surface area contributed by atoms with E-state index in [1.54, 1.807) is 6.07 Å². The van der Waals surface area contributed by atoms with Gasteiger partial charge in [0.2, 0.25) is 0 Å². The zero-order valence-corrected chi connectivity index (χ0v) is 12.3. The van der Waals surface area contributed by atoms with Crippen LogP contribution in [0.25, 0.3) is 0 Å². The first kappa shape index (κ1) is 15.6. The smallest absolute Gasteiger partial charge is 0.253 e. The molecule has 2 rings (SSSR count). The number of benzene rings is 1. The number of rotatable bonds is 2. The monoisotopic (exact) mass is 287 g/mol. The number of aryl methyl sites for hydroxylation is 1. The van der Waals surface area contributed by atoms with Gasteiger partial charge in [0, 0.05) is 30.8 Å². The third kappa shape index (κ3) is 3.84. The predicted octanol–water partition coefficient (Wildman–Crippen LogP) is 1.18. The lowest BCUT2D eigenvalue weighted by molar-refractivity contribution is 0.0651. The molecule has 1 aromatic rings. The summed E-state index contributed by atoms with van der Waals surface area (Å²) in [6.07, 6.45) is 1.72. The Morgan fingerprint density at radius 3 is 2.62 bits per heavy atom. The van der Waals surface area contributed by atoms with Gasteiger partial charge in [0.1, 0.15) is 6.61 Å². The van der Waals surface area contributed by atoms with Crippen LogP contribution in [0.4, 0.5) is 0 Å². The summed E-state index contributed by atoms with van der Waals surface area (Å²) in [5.41, 5.74) is 2.44. The Morgan fingerprint density at radius 2 is 2.05 bits per heavy atom. The van der Waals surface area contributed by atoms with Gasteiger partial charge in [0.05, 0.1) is 0 Å². The van der Waals surface area contributed by atoms with Crippen molar-refractivity contribution in [1.82, 2.24) is 4.90 Å². The average molecular weight is 287 g/mol. The van der Waals surface area contributed by atoms with Gasteiger partial charge in [-0.1, -0.05) is 11.8 Å². The molecule has 0 spiro atoms. The molecule has 0 saturated carbocycles. The number of hydrogen-bond donors (Lipinski definition) is 2. The van der Waals surface area contributed by atoms with Gasteiger partial charge in [-0.3, -0.25) is 4.79 Å². The minimum atomic E-state index is -0.167. The van der Waals surface area contributed by atoms with E-state index in [9.17, 15) is 4.79 Å². The van der Waals surface area contributed by atoms with E-state index in [0.29, 0.717) is 24.6 Å². The van der Waals surface area contributed by atoms with Crippen LogP contribution < -0.4 is 0 Å². The molecule has 1 aliphatic rings. The second-order valence-corrected chi connectivity index (χ2v) is 5.41. The highest BCUT2D eigenvalue weighted by molar-refractivity contribution is 5.94. The van der Waals surface area contributed by atoms with Crippen molar-refractivity contribution in [2.45, 2.75) is 19.8 Å². The average Bonchev–Trinajstić information content (AvgIpc) is 2.53. The van der Waals surface area contributed by atoms with Crippen molar-refractivity contribution < 1.29 is 15.0 Å². The summed E-state index contributed by atoms with van der Waals surface area (Å²) >= 11 is 0. The quantitative estimate of drug-likeness (QED) is 0.803. The molecular formula is C17H21NO3. The summed E-state index contributed by atoms with van der Waals surface area (Å²) in [6, 6.07) is 5.46. The van der Waals surface area contributed by atoms with Crippen LogP contribution in [0.5, 0.6) is 0 Å². The highest BCUT2D eigenvalue weighted by Crippen LogP contribution is 2.19. The molecule has 1 aromatic carbocycles. The number of amides is 1. The van der Waals surface area contributed by atoms with Crippen LogP contribution in [0.1, 0.15) is 34.3 Å². The fourth-order valence-electron chi connectivity index (χ4n) is 2.57. The Kier molecular flexibility index (Phi) is 5.38. The minimum absolute atomic E-state index is 0.0381. The summed E-state index contributed by atoms with van der Waals surface area (Å²) in [5, 5.41) is 17.9. The van der Waals surface area contributed by atoms with Gasteiger partial charge < -0.3 is 15.1 Å². The Bertz CT molecular complexity index is 563. The molecule has 112 valence electrons. The lowest BCUT2D eigenvalue weighted by atomic mass is 9.97. The topological polar surface area (TPSA) is 60.8 Å². The largest absolute Gasteiger partial charge is 0.396 e. The summed E-state index contributed by atoms with van der Waals surface area (Å²) in [6.45, 7) is 3.36. The molecule has 0 atom stereocenters. The van der Waals surface area contributed by atoms with E-state index in [0.717, 1.165) is 24.0 Å². The van der Waals surface area contributed by atoms with Crippen molar-refractivity contribution in [2.75, 3.05) is 26.3 Å². The summed E-state index contributed by atoms with van der Waals surface area (Å²) in [7, 11) is 0. The van der Waals surface area contributed by atoms with Crippen molar-refractivity contribution in [3.8, 4) is 11.8 Å². The number of carbonyl (C=O) groups is 1. The molecule has 1 fully saturated rings. The highest BCUT2D eigenvalue weighted by Gasteiger charge is 2.23. The molecule has 0 radical (unpaired) electrons. The SMILES string of the molecule is Cc1cc(C(=O)N2CCC(CO)CC2)ccc1C#CCO. The minimum Gasteiger partial charge on any atom is -0.396 e. The zero-order chi connectivity index (χ0) is 15.2. The Morgan fingerprint density at radius 1 is 1.33 bits per heavy atom. The fourth-order valence-corrected chi connectivity index (χ4v) is 2.57. The normalized spacial score (nSPS) is 15.5. The van der Waals surface area contributed by atoms with E-state index < -0.39 is 0 Å². The molecule has 0 bridgehead atoms. The lowest BCUT2D eigenvalue weighted by Crippen LogP contribution is -2.39. The van der Waals surface area contributed by atoms with Crippen molar-refractivity contribution in [1.29, 1.82) is 0 Å². The molecule has 4 nitrogen and oxygen atoms in total. The second kappa shape index (κ2) is 7.26. The van der Waals surface area contributed by atoms with Gasteiger partial charge in [-0.15, -0.1) is 0 Å². The molecule has 0 aliphatic carbocycles. The first-order valence-electron chi connectivity index (χ1n) is 7.26. The van der Waals surface area contributed by atoms with E-state index in [2.05, 4.69) is 11.8 Å². The first-order chi connectivity index (χ1) is 10.2. The fraction of sp³-hybridized carbons (Fsp3) is 0.471. The third-order valence-electron chi connectivity index (χ3n) is 3.94. The molecule has 1 saturated heterocycles. The van der Waals surface area contributed by atoms with Crippen molar-refractivity contribution in [3.63, 3.8) is 0 Å². The molecule has 1 heterocycles. The number of carbonyl (C=O) groups excluding carboxylic acids is 1. The molecule has 2 N–H and O–H groups in total. The molecule has 1 amide bonds. The number of piperidine rings is 1. The summed E-state index contributed by atoms with van der Waals surface area (Å²) in [5.74, 6) is 5.85. The first-order valence-corrected chi connectivity index (χ1v) is 7.26. The summed E-state index contributed by atoms with van der Waals surface area (Å²) < 4.78 is 0. The molecule has 0 unspecified atom stereocenters. The van der Waals surface area contributed by atoms with Crippen molar-refractivity contribution in [3.05, 3.63) is 34.9 Å². The maximum Gasteiger partial charge on any atom is 0.253 e. The van der Waals surface area contributed by atoms with Crippen LogP contribution in [-0.4, -0.2) is 47.3 Å². The van der Waals surface area contributed by atoms with Crippen LogP contribution in [0, 0.1) is 24.7 Å². The standard InChI is InChI=1S/C17H21NO3/c1-13-11-16(5-4-15(13)3-2-10-19)17(21)18-8-6-14(12-20)7-9-18/h4-5,11,14,19-20H,6-10,12H2,1H3. The van der Waals surface area contributed by atoms with Crippen LogP contribution in [-0.2, 0) is 0 Å². The number of aliphatic hydroxyl groups excluding tert-OH is 2. The van der Waals surface area contributed by atoms with Gasteiger partial charge >= 0.3 is 0 Å². The molecule has 0 aromatic heterocycles. The zero-order valence-electron chi connectivity index (χ0n) is 12.3. The highest BCUT2D eigenvalue weighted by atomic mass is 16.3. The van der Waals surface area contributed by atoms with Gasteiger partial charge in [-0.25, -0.2) is 0 Å². The van der Waals surface area contributed by atoms with Crippen LogP contribution in [0.2, 0.25) is 0 Å². The Balaban J connectivity index is 2.08. The van der Waals surface area contributed by atoms with Gasteiger partial charge in [-0.2, -0.15) is 0 Å². The number of nitrogens with zero attached hydrogens (tertiary/aromatic N) is 1. The molecule has 4 heteroatoms. The van der Waals surface area contributed by atoms with Gasteiger partial charge in [0.25, 0.3) is 5.91 Å². The number of aliphatic hydroxyl groups is 2. The molecule has 1 aliphatic heterocycles. The molecule has 21 heavy (non-hydrogen) atoms. The van der Waals surface area contributed by atoms with Crippen LogP contribution in [0.15, 0.2) is 18.2 Å². The second-order valence-electron chi connectivity index (χ2n) is 5.41. The van der Waals surface area contributed by atoms with Crippen LogP contribution >= 0.6 is 0 Å². The Hall–Kier alpha value is -1.83. The van der Waals surface area contributed by atoms with Gasteiger partial charge in [0.15, 0.2) is 0 Å². The molecular weight excluding hydrogens is 266 g/mol. The number of hydrogen-bond acceptors (Lipinski definition) is 3. The van der Waals surface area contributed by atoms with Gasteiger partial charge in [-0.05, 0) is 49.4 Å². The van der Waals surface area contributed by atoms with Crippen molar-refractivity contribution in [2.24, 2.45) is 5.92 Å². The van der Waals surface area contributed by atoms with E-state index in [4.69, 9.17) is 10.2 Å². The maximum absolute atomic E-state index is 12.5. The Labute approximate surface area is 125 Å². The predicted molar refractivity (Wildman–Crippen MR) is 80.9 cm³/mol. The van der Waals surface area contributed by atoms with E-state index in [1.807, 2.05) is 24.0 Å². The van der Waals surface area contributed by atoms with E-state index >= 15 is 0 Å².